The summed E-state index contributed by atoms with van der Waals surface area (Å²) >= 11 is 0. The van der Waals surface area contributed by atoms with Gasteiger partial charge in [-0.25, -0.2) is 14.9 Å². The van der Waals surface area contributed by atoms with Crippen molar-refractivity contribution in [2.24, 2.45) is 0 Å². The molecule has 2 aromatic heterocycles. The van der Waals surface area contributed by atoms with E-state index in [2.05, 4.69) is 20.2 Å². The number of carbonyl (C=O) groups is 1. The van der Waals surface area contributed by atoms with Gasteiger partial charge in [-0.05, 0) is 31.9 Å². The summed E-state index contributed by atoms with van der Waals surface area (Å²) in [5, 5.41) is 6.72. The molecule has 3 aromatic rings. The maximum Gasteiger partial charge on any atom is 0.343 e. The lowest BCUT2D eigenvalue weighted by Gasteiger charge is -2.32. The van der Waals surface area contributed by atoms with Crippen LogP contribution in [0, 0.1) is 0 Å². The number of amides is 1. The summed E-state index contributed by atoms with van der Waals surface area (Å²) in [7, 11) is 0. The molecule has 8 nitrogen and oxygen atoms in total. The van der Waals surface area contributed by atoms with E-state index in [1.54, 1.807) is 4.57 Å². The molecule has 0 aliphatic carbocycles. The lowest BCUT2D eigenvalue weighted by Crippen LogP contribution is -2.40. The normalized spacial score (nSPS) is 17.5. The van der Waals surface area contributed by atoms with Crippen LogP contribution in [0.5, 0.6) is 0 Å². The number of fused-ring (bicyclic) bond motifs is 1. The minimum atomic E-state index is -0.180. The van der Waals surface area contributed by atoms with Gasteiger partial charge in [0.2, 0.25) is 5.91 Å². The van der Waals surface area contributed by atoms with Crippen molar-refractivity contribution < 1.29 is 4.79 Å². The molecular formula is C19H24N6O2. The molecule has 1 fully saturated rings. The number of rotatable bonds is 5. The Kier molecular flexibility index (Phi) is 4.79. The lowest BCUT2D eigenvalue weighted by molar-refractivity contribution is -0.132. The Morgan fingerprint density at radius 2 is 2.19 bits per heavy atom. The standard InChI is InChI=1S/C19H24N6O2/c1-2-25-18(22-23-19(25)27)13-6-5-11-24(12-13)17(26)10-9-16-20-14-7-3-4-8-15(14)21-16/h3-4,7-8,13H,2,5-6,9-12H2,1H3,(H,20,21)(H,23,27)/t13-/m0/s1. The van der Waals surface area contributed by atoms with Crippen LogP contribution in [0.4, 0.5) is 0 Å². The van der Waals surface area contributed by atoms with Gasteiger partial charge in [0.15, 0.2) is 0 Å². The van der Waals surface area contributed by atoms with Gasteiger partial charge in [0, 0.05) is 38.4 Å². The summed E-state index contributed by atoms with van der Waals surface area (Å²) in [4.78, 5) is 34.2. The predicted octanol–water partition coefficient (Wildman–Crippen LogP) is 1.81. The van der Waals surface area contributed by atoms with E-state index < -0.39 is 0 Å². The number of hydrogen-bond donors (Lipinski definition) is 2. The van der Waals surface area contributed by atoms with Crippen molar-refractivity contribution in [1.82, 2.24) is 29.6 Å². The van der Waals surface area contributed by atoms with E-state index in [0.29, 0.717) is 25.9 Å². The second-order valence-electron chi connectivity index (χ2n) is 7.01. The third-order valence-electron chi connectivity index (χ3n) is 5.26. The fourth-order valence-corrected chi connectivity index (χ4v) is 3.87. The van der Waals surface area contributed by atoms with Crippen molar-refractivity contribution in [3.8, 4) is 0 Å². The number of hydrogen-bond acceptors (Lipinski definition) is 4. The highest BCUT2D eigenvalue weighted by Gasteiger charge is 2.28. The van der Waals surface area contributed by atoms with Gasteiger partial charge in [-0.1, -0.05) is 12.1 Å². The molecule has 1 aliphatic rings. The van der Waals surface area contributed by atoms with Gasteiger partial charge < -0.3 is 9.88 Å². The summed E-state index contributed by atoms with van der Waals surface area (Å²) in [6.45, 7) is 3.89. The van der Waals surface area contributed by atoms with Gasteiger partial charge >= 0.3 is 5.69 Å². The minimum absolute atomic E-state index is 0.104. The molecule has 2 N–H and O–H groups in total. The Labute approximate surface area is 156 Å². The van der Waals surface area contributed by atoms with E-state index in [1.807, 2.05) is 36.1 Å². The number of aromatic amines is 2. The molecule has 1 aromatic carbocycles. The van der Waals surface area contributed by atoms with E-state index in [-0.39, 0.29) is 17.5 Å². The molecule has 1 saturated heterocycles. The number of carbonyl (C=O) groups excluding carboxylic acids is 1. The summed E-state index contributed by atoms with van der Waals surface area (Å²) in [5.41, 5.74) is 1.74. The molecule has 1 amide bonds. The minimum Gasteiger partial charge on any atom is -0.342 e. The zero-order chi connectivity index (χ0) is 18.8. The number of aryl methyl sites for hydroxylation is 1. The van der Waals surface area contributed by atoms with Gasteiger partial charge in [0.25, 0.3) is 0 Å². The van der Waals surface area contributed by atoms with Crippen LogP contribution in [-0.4, -0.2) is 48.6 Å². The molecule has 142 valence electrons. The first-order chi connectivity index (χ1) is 13.2. The predicted molar refractivity (Wildman–Crippen MR) is 101 cm³/mol. The van der Waals surface area contributed by atoms with Crippen LogP contribution in [0.25, 0.3) is 11.0 Å². The van der Waals surface area contributed by atoms with E-state index >= 15 is 0 Å². The number of H-pyrrole nitrogens is 2. The third kappa shape index (κ3) is 3.51. The lowest BCUT2D eigenvalue weighted by atomic mass is 9.96. The Morgan fingerprint density at radius 3 is 3.00 bits per heavy atom. The Hall–Kier alpha value is -2.90. The number of nitrogens with one attached hydrogen (secondary N) is 2. The second kappa shape index (κ2) is 7.38. The van der Waals surface area contributed by atoms with Gasteiger partial charge in [-0.2, -0.15) is 5.10 Å². The van der Waals surface area contributed by atoms with Crippen LogP contribution in [0.15, 0.2) is 29.1 Å². The molecule has 1 aliphatic heterocycles. The third-order valence-corrected chi connectivity index (χ3v) is 5.26. The number of nitrogens with zero attached hydrogens (tertiary/aromatic N) is 4. The van der Waals surface area contributed by atoms with Crippen LogP contribution in [-0.2, 0) is 17.8 Å². The summed E-state index contributed by atoms with van der Waals surface area (Å²) in [6, 6.07) is 7.87. The highest BCUT2D eigenvalue weighted by Crippen LogP contribution is 2.25. The number of imidazole rings is 1. The van der Waals surface area contributed by atoms with Gasteiger partial charge in [-0.3, -0.25) is 9.36 Å². The molecule has 0 radical (unpaired) electrons. The maximum atomic E-state index is 12.7. The Morgan fingerprint density at radius 1 is 1.33 bits per heavy atom. The van der Waals surface area contributed by atoms with Crippen LogP contribution in [0.2, 0.25) is 0 Å². The Bertz CT molecular complexity index is 968. The quantitative estimate of drug-likeness (QED) is 0.717. The van der Waals surface area contributed by atoms with Crippen molar-refractivity contribution in [3.05, 3.63) is 46.4 Å². The van der Waals surface area contributed by atoms with Crippen molar-refractivity contribution in [1.29, 1.82) is 0 Å². The first-order valence-electron chi connectivity index (χ1n) is 9.52. The zero-order valence-corrected chi connectivity index (χ0v) is 15.4. The van der Waals surface area contributed by atoms with Crippen molar-refractivity contribution in [2.45, 2.75) is 45.1 Å². The summed E-state index contributed by atoms with van der Waals surface area (Å²) in [6.07, 6.45) is 2.88. The number of benzene rings is 1. The van der Waals surface area contributed by atoms with Crippen molar-refractivity contribution >= 4 is 16.9 Å². The number of para-hydroxylation sites is 2. The molecule has 4 rings (SSSR count). The Balaban J connectivity index is 1.40. The number of piperidine rings is 1. The molecule has 1 atom stereocenters. The van der Waals surface area contributed by atoms with Crippen LogP contribution in [0.3, 0.4) is 0 Å². The average molecular weight is 368 g/mol. The number of likely N-dealkylation sites (tertiary alicyclic amines) is 1. The molecule has 0 bridgehead atoms. The number of aromatic nitrogens is 5. The van der Waals surface area contributed by atoms with E-state index in [0.717, 1.165) is 42.1 Å². The largest absolute Gasteiger partial charge is 0.343 e. The maximum absolute atomic E-state index is 12.7. The van der Waals surface area contributed by atoms with Crippen LogP contribution < -0.4 is 5.69 Å². The molecule has 8 heteroatoms. The summed E-state index contributed by atoms with van der Waals surface area (Å²) < 4.78 is 1.66. The molecule has 0 unspecified atom stereocenters. The first kappa shape index (κ1) is 17.5. The van der Waals surface area contributed by atoms with Crippen LogP contribution >= 0.6 is 0 Å². The molecular weight excluding hydrogens is 344 g/mol. The second-order valence-corrected chi connectivity index (χ2v) is 7.01. The van der Waals surface area contributed by atoms with E-state index in [1.165, 1.54) is 0 Å². The highest BCUT2D eigenvalue weighted by atomic mass is 16.2. The SMILES string of the molecule is CCn1c([C@H]2CCCN(C(=O)CCc3nc4ccccc4[nH]3)C2)n[nH]c1=O. The highest BCUT2D eigenvalue weighted by molar-refractivity contribution is 5.77. The fourth-order valence-electron chi connectivity index (χ4n) is 3.87. The molecule has 3 heterocycles. The molecule has 27 heavy (non-hydrogen) atoms. The summed E-state index contributed by atoms with van der Waals surface area (Å²) in [5.74, 6) is 1.83. The van der Waals surface area contributed by atoms with Crippen molar-refractivity contribution in [2.75, 3.05) is 13.1 Å². The van der Waals surface area contributed by atoms with Gasteiger partial charge in [0.05, 0.1) is 11.0 Å². The van der Waals surface area contributed by atoms with Crippen molar-refractivity contribution in [3.63, 3.8) is 0 Å². The van der Waals surface area contributed by atoms with Gasteiger partial charge in [-0.15, -0.1) is 0 Å². The average Bonchev–Trinajstić information content (AvgIpc) is 3.28. The monoisotopic (exact) mass is 368 g/mol. The molecule has 0 saturated carbocycles. The topological polar surface area (TPSA) is 99.7 Å². The molecule has 0 spiro atoms. The van der Waals surface area contributed by atoms with E-state index in [4.69, 9.17) is 0 Å². The first-order valence-corrected chi connectivity index (χ1v) is 9.52. The fraction of sp³-hybridized carbons (Fsp3) is 0.474. The van der Waals surface area contributed by atoms with Gasteiger partial charge in [0.1, 0.15) is 11.6 Å². The zero-order valence-electron chi connectivity index (χ0n) is 15.4. The smallest absolute Gasteiger partial charge is 0.342 e. The van der Waals surface area contributed by atoms with Crippen LogP contribution in [0.1, 0.15) is 43.8 Å². The van der Waals surface area contributed by atoms with E-state index in [9.17, 15) is 9.59 Å².